The lowest BCUT2D eigenvalue weighted by Gasteiger charge is -2.26. The Kier molecular flexibility index (Phi) is 4.72. The number of fused-ring (bicyclic) bond motifs is 1. The number of hydrogen-bond acceptors (Lipinski definition) is 4. The van der Waals surface area contributed by atoms with Crippen LogP contribution in [0.4, 0.5) is 10.1 Å². The highest BCUT2D eigenvalue weighted by Gasteiger charge is 2.37. The van der Waals surface area contributed by atoms with E-state index in [0.717, 1.165) is 5.56 Å². The Labute approximate surface area is 167 Å². The van der Waals surface area contributed by atoms with Crippen LogP contribution in [0.25, 0.3) is 5.76 Å². The zero-order valence-electron chi connectivity index (χ0n) is 15.6. The summed E-state index contributed by atoms with van der Waals surface area (Å²) in [5, 5.41) is 14.1. The summed E-state index contributed by atoms with van der Waals surface area (Å²) in [4.78, 5) is 25.6. The first-order valence-electron chi connectivity index (χ1n) is 9.16. The maximum Gasteiger partial charge on any atom is 0.235 e. The lowest BCUT2D eigenvalue weighted by Crippen LogP contribution is -2.30. The molecule has 4 rings (SSSR count). The number of anilines is 1. The standard InChI is InChI=1S/C24H18FNO3/c1-14-6-12-17(13-7-14)26-21(15-8-10-16(25)11-9-15)20-22(27)18-4-2-3-5-19(18)23(28)24(20)29/h2-13,21,26-27H,1H3. The third-order valence-corrected chi connectivity index (χ3v) is 4.99. The molecule has 4 nitrogen and oxygen atoms in total. The molecule has 144 valence electrons. The molecule has 0 bridgehead atoms. The van der Waals surface area contributed by atoms with Crippen molar-refractivity contribution in [3.05, 3.63) is 106 Å². The molecule has 0 radical (unpaired) electrons. The number of hydrogen-bond donors (Lipinski definition) is 2. The van der Waals surface area contributed by atoms with Gasteiger partial charge in [-0.05, 0) is 36.8 Å². The molecule has 2 N–H and O–H groups in total. The molecule has 1 aliphatic carbocycles. The van der Waals surface area contributed by atoms with Gasteiger partial charge in [-0.3, -0.25) is 9.59 Å². The zero-order chi connectivity index (χ0) is 20.5. The lowest BCUT2D eigenvalue weighted by atomic mass is 9.83. The highest BCUT2D eigenvalue weighted by molar-refractivity contribution is 6.52. The summed E-state index contributed by atoms with van der Waals surface area (Å²) >= 11 is 0. The van der Waals surface area contributed by atoms with E-state index in [-0.39, 0.29) is 16.9 Å². The number of carbonyl (C=O) groups is 2. The maximum atomic E-state index is 13.5. The van der Waals surface area contributed by atoms with E-state index in [9.17, 15) is 19.1 Å². The van der Waals surface area contributed by atoms with E-state index >= 15 is 0 Å². The van der Waals surface area contributed by atoms with Gasteiger partial charge >= 0.3 is 0 Å². The van der Waals surface area contributed by atoms with E-state index in [4.69, 9.17) is 0 Å². The van der Waals surface area contributed by atoms with Crippen LogP contribution in [-0.4, -0.2) is 16.7 Å². The number of carbonyl (C=O) groups excluding carboxylic acids is 2. The Morgan fingerprint density at radius 2 is 1.45 bits per heavy atom. The van der Waals surface area contributed by atoms with Gasteiger partial charge in [0, 0.05) is 16.8 Å². The summed E-state index contributed by atoms with van der Waals surface area (Å²) < 4.78 is 13.5. The quantitative estimate of drug-likeness (QED) is 0.617. The van der Waals surface area contributed by atoms with Crippen molar-refractivity contribution in [2.24, 2.45) is 0 Å². The summed E-state index contributed by atoms with van der Waals surface area (Å²) in [5.74, 6) is -2.13. The minimum Gasteiger partial charge on any atom is -0.507 e. The molecule has 0 amide bonds. The smallest absolute Gasteiger partial charge is 0.235 e. The minimum atomic E-state index is -0.830. The second-order valence-corrected chi connectivity index (χ2v) is 6.96. The van der Waals surface area contributed by atoms with E-state index in [2.05, 4.69) is 5.32 Å². The van der Waals surface area contributed by atoms with E-state index in [1.54, 1.807) is 18.2 Å². The third-order valence-electron chi connectivity index (χ3n) is 4.99. The van der Waals surface area contributed by atoms with Gasteiger partial charge in [-0.15, -0.1) is 0 Å². The predicted octanol–water partition coefficient (Wildman–Crippen LogP) is 5.02. The SMILES string of the molecule is Cc1ccc(NC(C2=C(O)c3ccccc3C(=O)C2=O)c2ccc(F)cc2)cc1. The van der Waals surface area contributed by atoms with Crippen molar-refractivity contribution in [3.8, 4) is 0 Å². The molecule has 0 saturated heterocycles. The number of nitrogens with one attached hydrogen (secondary N) is 1. The molecule has 0 fully saturated rings. The van der Waals surface area contributed by atoms with Gasteiger partial charge in [0.2, 0.25) is 11.6 Å². The van der Waals surface area contributed by atoms with Crippen molar-refractivity contribution < 1.29 is 19.1 Å². The van der Waals surface area contributed by atoms with Gasteiger partial charge < -0.3 is 10.4 Å². The highest BCUT2D eigenvalue weighted by atomic mass is 19.1. The normalized spacial score (nSPS) is 14.6. The molecular formula is C24H18FNO3. The average Bonchev–Trinajstić information content (AvgIpc) is 2.73. The fraction of sp³-hybridized carbons (Fsp3) is 0.0833. The number of aryl methyl sites for hydroxylation is 1. The Hall–Kier alpha value is -3.73. The zero-order valence-corrected chi connectivity index (χ0v) is 15.6. The first-order valence-corrected chi connectivity index (χ1v) is 9.16. The molecule has 0 aromatic heterocycles. The average molecular weight is 387 g/mol. The van der Waals surface area contributed by atoms with Crippen LogP contribution in [0.2, 0.25) is 0 Å². The molecule has 1 aliphatic rings. The summed E-state index contributed by atoms with van der Waals surface area (Å²) in [7, 11) is 0. The second kappa shape index (κ2) is 7.36. The molecule has 0 aliphatic heterocycles. The molecule has 1 atom stereocenters. The number of aliphatic hydroxyl groups excluding tert-OH is 1. The van der Waals surface area contributed by atoms with Crippen LogP contribution in [0.5, 0.6) is 0 Å². The molecular weight excluding hydrogens is 369 g/mol. The molecule has 0 heterocycles. The van der Waals surface area contributed by atoms with Crippen LogP contribution in [0.3, 0.4) is 0 Å². The number of rotatable bonds is 4. The molecule has 0 saturated carbocycles. The van der Waals surface area contributed by atoms with E-state index in [1.165, 1.54) is 30.3 Å². The number of aliphatic hydroxyl groups is 1. The van der Waals surface area contributed by atoms with E-state index in [1.807, 2.05) is 31.2 Å². The Bertz CT molecular complexity index is 1130. The maximum absolute atomic E-state index is 13.5. The fourth-order valence-corrected chi connectivity index (χ4v) is 3.45. The van der Waals surface area contributed by atoms with Crippen molar-refractivity contribution >= 4 is 23.0 Å². The second-order valence-electron chi connectivity index (χ2n) is 6.96. The van der Waals surface area contributed by atoms with Gasteiger partial charge in [0.25, 0.3) is 0 Å². The van der Waals surface area contributed by atoms with Crippen LogP contribution >= 0.6 is 0 Å². The van der Waals surface area contributed by atoms with Gasteiger partial charge in [0.05, 0.1) is 11.6 Å². The Balaban J connectivity index is 1.88. The van der Waals surface area contributed by atoms with Crippen molar-refractivity contribution in [2.75, 3.05) is 5.32 Å². The van der Waals surface area contributed by atoms with Crippen molar-refractivity contribution in [3.63, 3.8) is 0 Å². The predicted molar refractivity (Wildman–Crippen MR) is 109 cm³/mol. The molecule has 3 aromatic carbocycles. The van der Waals surface area contributed by atoms with Crippen LogP contribution in [-0.2, 0) is 4.79 Å². The fourth-order valence-electron chi connectivity index (χ4n) is 3.45. The van der Waals surface area contributed by atoms with Crippen molar-refractivity contribution in [1.82, 2.24) is 0 Å². The van der Waals surface area contributed by atoms with Crippen LogP contribution in [0.15, 0.2) is 78.4 Å². The minimum absolute atomic E-state index is 0.0547. The Morgan fingerprint density at radius 1 is 0.828 bits per heavy atom. The number of benzene rings is 3. The number of ketones is 2. The molecule has 29 heavy (non-hydrogen) atoms. The topological polar surface area (TPSA) is 66.4 Å². The van der Waals surface area contributed by atoms with E-state index in [0.29, 0.717) is 16.8 Å². The number of halogens is 1. The molecule has 5 heteroatoms. The first kappa shape index (κ1) is 18.6. The third kappa shape index (κ3) is 3.43. The van der Waals surface area contributed by atoms with Gasteiger partial charge in [-0.1, -0.05) is 54.1 Å². The van der Waals surface area contributed by atoms with Crippen molar-refractivity contribution in [2.45, 2.75) is 13.0 Å². The van der Waals surface area contributed by atoms with Crippen LogP contribution < -0.4 is 5.32 Å². The Morgan fingerprint density at radius 3 is 2.10 bits per heavy atom. The molecule has 1 unspecified atom stereocenters. The van der Waals surface area contributed by atoms with Gasteiger partial charge in [-0.25, -0.2) is 4.39 Å². The summed E-state index contributed by atoms with van der Waals surface area (Å²) in [5.41, 5.74) is 2.74. The number of Topliss-reactive ketones (excluding diaryl/α,β-unsaturated/α-hetero) is 2. The van der Waals surface area contributed by atoms with Gasteiger partial charge in [-0.2, -0.15) is 0 Å². The summed E-state index contributed by atoms with van der Waals surface area (Å²) in [6, 6.07) is 18.7. The monoisotopic (exact) mass is 387 g/mol. The highest BCUT2D eigenvalue weighted by Crippen LogP contribution is 2.36. The van der Waals surface area contributed by atoms with Crippen LogP contribution in [0.1, 0.15) is 33.1 Å². The molecule has 3 aromatic rings. The van der Waals surface area contributed by atoms with Crippen molar-refractivity contribution in [1.29, 1.82) is 0 Å². The van der Waals surface area contributed by atoms with Gasteiger partial charge in [0.1, 0.15) is 11.6 Å². The van der Waals surface area contributed by atoms with Gasteiger partial charge in [0.15, 0.2) is 0 Å². The molecule has 0 spiro atoms. The summed E-state index contributed by atoms with van der Waals surface area (Å²) in [6.07, 6.45) is 0. The van der Waals surface area contributed by atoms with Crippen LogP contribution in [0, 0.1) is 12.7 Å². The summed E-state index contributed by atoms with van der Waals surface area (Å²) in [6.45, 7) is 1.95. The van der Waals surface area contributed by atoms with E-state index < -0.39 is 23.4 Å². The lowest BCUT2D eigenvalue weighted by molar-refractivity contribution is -0.112. The largest absolute Gasteiger partial charge is 0.507 e. The first-order chi connectivity index (χ1) is 14.0.